The summed E-state index contributed by atoms with van der Waals surface area (Å²) in [6.45, 7) is 5.87. The number of rotatable bonds is 1. The maximum absolute atomic E-state index is 13.0. The Balaban J connectivity index is 2.27. The number of hydrogen-bond acceptors (Lipinski definition) is 3. The molecule has 4 nitrogen and oxygen atoms in total. The summed E-state index contributed by atoms with van der Waals surface area (Å²) < 4.78 is 13.0. The fourth-order valence-electron chi connectivity index (χ4n) is 1.76. The molecule has 0 saturated carbocycles. The lowest BCUT2D eigenvalue weighted by Crippen LogP contribution is -2.46. The quantitative estimate of drug-likeness (QED) is 0.831. The fraction of sp³-hybridized carbons (Fsp3) is 0.385. The van der Waals surface area contributed by atoms with E-state index in [2.05, 4.69) is 15.6 Å². The normalized spacial score (nSPS) is 19.1. The molecule has 2 N–H and O–H groups in total. The van der Waals surface area contributed by atoms with Crippen LogP contribution in [0.25, 0.3) is 0 Å². The Kier molecular flexibility index (Phi) is 3.49. The number of halogens is 2. The van der Waals surface area contributed by atoms with Gasteiger partial charge in [0.2, 0.25) is 0 Å². The monoisotopic (exact) mass is 283 g/mol. The Morgan fingerprint density at radius 1 is 1.42 bits per heavy atom. The second-order valence-electron chi connectivity index (χ2n) is 5.41. The van der Waals surface area contributed by atoms with Gasteiger partial charge in [-0.1, -0.05) is 17.7 Å². The van der Waals surface area contributed by atoms with Crippen LogP contribution in [0, 0.1) is 5.82 Å². The van der Waals surface area contributed by atoms with E-state index in [9.17, 15) is 9.18 Å². The van der Waals surface area contributed by atoms with Gasteiger partial charge >= 0.3 is 0 Å². The van der Waals surface area contributed by atoms with E-state index in [0.29, 0.717) is 11.5 Å². The van der Waals surface area contributed by atoms with Crippen molar-refractivity contribution in [1.29, 1.82) is 0 Å². The third-order valence-electron chi connectivity index (χ3n) is 2.50. The predicted octanol–water partition coefficient (Wildman–Crippen LogP) is 2.39. The van der Waals surface area contributed by atoms with Crippen LogP contribution in [0.1, 0.15) is 32.4 Å². The van der Waals surface area contributed by atoms with Crippen molar-refractivity contribution in [2.45, 2.75) is 32.4 Å². The Morgan fingerprint density at radius 3 is 2.68 bits per heavy atom. The van der Waals surface area contributed by atoms with Crippen molar-refractivity contribution in [1.82, 2.24) is 10.6 Å². The van der Waals surface area contributed by atoms with E-state index in [-0.39, 0.29) is 16.5 Å². The Labute approximate surface area is 116 Å². The molecule has 0 fully saturated rings. The summed E-state index contributed by atoms with van der Waals surface area (Å²) in [5.41, 5.74) is 0.277. The topological polar surface area (TPSA) is 53.5 Å². The molecule has 1 aliphatic rings. The maximum atomic E-state index is 13.0. The minimum absolute atomic E-state index is 0.195. The summed E-state index contributed by atoms with van der Waals surface area (Å²) in [4.78, 5) is 16.1. The van der Waals surface area contributed by atoms with Crippen LogP contribution in [0.4, 0.5) is 4.39 Å². The molecule has 102 valence electrons. The molecular weight excluding hydrogens is 269 g/mol. The summed E-state index contributed by atoms with van der Waals surface area (Å²) >= 11 is 5.95. The van der Waals surface area contributed by atoms with Gasteiger partial charge in [-0.05, 0) is 32.9 Å². The van der Waals surface area contributed by atoms with E-state index in [4.69, 9.17) is 11.6 Å². The molecule has 1 unspecified atom stereocenters. The fourth-order valence-corrected chi connectivity index (χ4v) is 2.03. The molecule has 19 heavy (non-hydrogen) atoms. The number of carbonyl (C=O) groups is 1. The van der Waals surface area contributed by atoms with E-state index in [1.807, 2.05) is 20.8 Å². The number of benzene rings is 1. The molecule has 2 rings (SSSR count). The smallest absolute Gasteiger partial charge is 0.256 e. The van der Waals surface area contributed by atoms with E-state index < -0.39 is 11.9 Å². The molecule has 0 radical (unpaired) electrons. The largest absolute Gasteiger partial charge is 0.351 e. The first-order chi connectivity index (χ1) is 8.76. The zero-order valence-corrected chi connectivity index (χ0v) is 11.7. The third-order valence-corrected chi connectivity index (χ3v) is 2.83. The average Bonchev–Trinajstić information content (AvgIpc) is 2.56. The van der Waals surface area contributed by atoms with Crippen molar-refractivity contribution in [3.05, 3.63) is 34.6 Å². The number of guanidine groups is 1. The first kappa shape index (κ1) is 13.8. The van der Waals surface area contributed by atoms with Crippen LogP contribution in [0.5, 0.6) is 0 Å². The molecule has 1 amide bonds. The Bertz CT molecular complexity index is 551. The van der Waals surface area contributed by atoms with Crippen molar-refractivity contribution in [2.75, 3.05) is 0 Å². The minimum Gasteiger partial charge on any atom is -0.351 e. The summed E-state index contributed by atoms with van der Waals surface area (Å²) in [5, 5.41) is 5.92. The van der Waals surface area contributed by atoms with Crippen LogP contribution in [-0.2, 0) is 4.79 Å². The summed E-state index contributed by atoms with van der Waals surface area (Å²) in [5.74, 6) is -0.313. The molecule has 6 heteroatoms. The van der Waals surface area contributed by atoms with E-state index >= 15 is 0 Å². The summed E-state index contributed by atoms with van der Waals surface area (Å²) in [6, 6.07) is 3.18. The number of carbonyl (C=O) groups excluding carboxylic acids is 1. The van der Waals surface area contributed by atoms with Crippen molar-refractivity contribution < 1.29 is 9.18 Å². The molecule has 0 saturated heterocycles. The van der Waals surface area contributed by atoms with Crippen LogP contribution >= 0.6 is 11.6 Å². The molecule has 1 atom stereocenters. The number of aliphatic imine (C=N–C) groups is 1. The lowest BCUT2D eigenvalue weighted by molar-refractivity contribution is -0.120. The van der Waals surface area contributed by atoms with Gasteiger partial charge in [0, 0.05) is 16.1 Å². The van der Waals surface area contributed by atoms with Gasteiger partial charge < -0.3 is 5.32 Å². The minimum atomic E-state index is -0.738. The van der Waals surface area contributed by atoms with E-state index in [1.54, 1.807) is 0 Å². The first-order valence-corrected chi connectivity index (χ1v) is 6.26. The highest BCUT2D eigenvalue weighted by atomic mass is 35.5. The van der Waals surface area contributed by atoms with Gasteiger partial charge in [-0.15, -0.1) is 0 Å². The lowest BCUT2D eigenvalue weighted by atomic mass is 10.1. The first-order valence-electron chi connectivity index (χ1n) is 5.88. The maximum Gasteiger partial charge on any atom is 0.256 e. The molecule has 0 aliphatic carbocycles. The van der Waals surface area contributed by atoms with Crippen LogP contribution in [-0.4, -0.2) is 17.4 Å². The Hall–Kier alpha value is -1.62. The molecule has 1 aromatic rings. The summed E-state index contributed by atoms with van der Waals surface area (Å²) in [6.07, 6.45) is 0. The number of nitrogens with zero attached hydrogens (tertiary/aromatic N) is 1. The summed E-state index contributed by atoms with van der Waals surface area (Å²) in [7, 11) is 0. The van der Waals surface area contributed by atoms with Gasteiger partial charge in [0.25, 0.3) is 5.91 Å². The highest BCUT2D eigenvalue weighted by Crippen LogP contribution is 2.28. The molecule has 0 aromatic heterocycles. The van der Waals surface area contributed by atoms with Crippen LogP contribution in [0.2, 0.25) is 5.02 Å². The van der Waals surface area contributed by atoms with Crippen LogP contribution in [0.3, 0.4) is 0 Å². The van der Waals surface area contributed by atoms with Crippen molar-refractivity contribution in [3.63, 3.8) is 0 Å². The van der Waals surface area contributed by atoms with Gasteiger partial charge in [-0.25, -0.2) is 9.38 Å². The molecule has 0 spiro atoms. The van der Waals surface area contributed by atoms with Crippen LogP contribution < -0.4 is 10.6 Å². The second-order valence-corrected chi connectivity index (χ2v) is 5.82. The van der Waals surface area contributed by atoms with Crippen molar-refractivity contribution >= 4 is 23.5 Å². The van der Waals surface area contributed by atoms with E-state index in [1.165, 1.54) is 18.2 Å². The predicted molar refractivity (Wildman–Crippen MR) is 72.6 cm³/mol. The standard InChI is InChI=1S/C13H15ClFN3O/c1-13(2,3)18-12-16-10(11(19)17-12)8-5-4-7(15)6-9(8)14/h4-6,10H,1-3H3,(H2,16,17,18,19). The van der Waals surface area contributed by atoms with Gasteiger partial charge in [0.15, 0.2) is 12.0 Å². The van der Waals surface area contributed by atoms with Gasteiger partial charge in [0.05, 0.1) is 0 Å². The van der Waals surface area contributed by atoms with Crippen LogP contribution in [0.15, 0.2) is 23.2 Å². The van der Waals surface area contributed by atoms with Crippen molar-refractivity contribution in [2.24, 2.45) is 4.99 Å². The molecule has 1 aromatic carbocycles. The van der Waals surface area contributed by atoms with Gasteiger partial charge in [-0.2, -0.15) is 0 Å². The Morgan fingerprint density at radius 2 is 2.11 bits per heavy atom. The zero-order chi connectivity index (χ0) is 14.2. The van der Waals surface area contributed by atoms with Gasteiger partial charge in [0.1, 0.15) is 5.82 Å². The molecule has 1 aliphatic heterocycles. The third kappa shape index (κ3) is 3.23. The van der Waals surface area contributed by atoms with Gasteiger partial charge in [-0.3, -0.25) is 10.1 Å². The highest BCUT2D eigenvalue weighted by Gasteiger charge is 2.30. The lowest BCUT2D eigenvalue weighted by Gasteiger charge is -2.21. The number of amides is 1. The average molecular weight is 284 g/mol. The highest BCUT2D eigenvalue weighted by molar-refractivity contribution is 6.31. The molecular formula is C13H15ClFN3O. The number of nitrogens with one attached hydrogen (secondary N) is 2. The molecule has 0 bridgehead atoms. The number of hydrogen-bond donors (Lipinski definition) is 2. The van der Waals surface area contributed by atoms with E-state index in [0.717, 1.165) is 0 Å². The second kappa shape index (κ2) is 4.81. The van der Waals surface area contributed by atoms with Crippen molar-refractivity contribution in [3.8, 4) is 0 Å². The SMILES string of the molecule is CC(C)(C)NC1=NC(c2ccc(F)cc2Cl)C(=O)N1. The molecule has 1 heterocycles. The zero-order valence-electron chi connectivity index (χ0n) is 10.9.